The Morgan fingerprint density at radius 3 is 2.71 bits per heavy atom. The molecule has 1 N–H and O–H groups in total. The highest BCUT2D eigenvalue weighted by Crippen LogP contribution is 2.20. The second-order valence-corrected chi connectivity index (χ2v) is 4.49. The second kappa shape index (κ2) is 5.88. The lowest BCUT2D eigenvalue weighted by Crippen LogP contribution is -2.06. The summed E-state index contributed by atoms with van der Waals surface area (Å²) in [5.74, 6) is 0. The zero-order chi connectivity index (χ0) is 14.5. The number of hydrogen-bond donors (Lipinski definition) is 1. The van der Waals surface area contributed by atoms with Crippen LogP contribution >= 0.6 is 0 Å². The van der Waals surface area contributed by atoms with Gasteiger partial charge in [-0.2, -0.15) is 5.26 Å². The summed E-state index contributed by atoms with van der Waals surface area (Å²) in [5, 5.41) is 20.3. The molecule has 102 valence electrons. The van der Waals surface area contributed by atoms with E-state index in [2.05, 4.69) is 21.7 Å². The van der Waals surface area contributed by atoms with Crippen LogP contribution in [-0.2, 0) is 6.54 Å². The summed E-state index contributed by atoms with van der Waals surface area (Å²) in [5.41, 5.74) is 3.51. The first-order valence-electron chi connectivity index (χ1n) is 6.56. The standard InChI is InChI=1S/C16H13N5/c17-11-13-5-1-2-6-14(13)12-18-15-7-3-4-8-16(15)21-10-9-19-20-21/h1-10,18H,12H2. The van der Waals surface area contributed by atoms with Crippen molar-refractivity contribution in [3.8, 4) is 11.8 Å². The first kappa shape index (κ1) is 12.9. The molecule has 0 amide bonds. The summed E-state index contributed by atoms with van der Waals surface area (Å²) in [4.78, 5) is 0. The van der Waals surface area contributed by atoms with Crippen molar-refractivity contribution < 1.29 is 0 Å². The molecular weight excluding hydrogens is 262 g/mol. The molecule has 1 aromatic heterocycles. The van der Waals surface area contributed by atoms with Gasteiger partial charge in [0.2, 0.25) is 0 Å². The minimum absolute atomic E-state index is 0.579. The van der Waals surface area contributed by atoms with Crippen molar-refractivity contribution in [2.24, 2.45) is 0 Å². The monoisotopic (exact) mass is 275 g/mol. The van der Waals surface area contributed by atoms with E-state index in [0.29, 0.717) is 12.1 Å². The zero-order valence-electron chi connectivity index (χ0n) is 11.3. The minimum atomic E-state index is 0.579. The maximum Gasteiger partial charge on any atom is 0.0995 e. The normalized spacial score (nSPS) is 10.0. The van der Waals surface area contributed by atoms with Crippen LogP contribution in [0.1, 0.15) is 11.1 Å². The topological polar surface area (TPSA) is 66.5 Å². The van der Waals surface area contributed by atoms with Gasteiger partial charge >= 0.3 is 0 Å². The lowest BCUT2D eigenvalue weighted by Gasteiger charge is -2.12. The highest BCUT2D eigenvalue weighted by atomic mass is 15.4. The number of nitriles is 1. The van der Waals surface area contributed by atoms with Gasteiger partial charge in [-0.3, -0.25) is 0 Å². The molecule has 0 bridgehead atoms. The Morgan fingerprint density at radius 2 is 1.90 bits per heavy atom. The number of anilines is 1. The van der Waals surface area contributed by atoms with Crippen LogP contribution in [0.3, 0.4) is 0 Å². The van der Waals surface area contributed by atoms with Crippen LogP contribution in [0.4, 0.5) is 5.69 Å². The Bertz CT molecular complexity index is 771. The molecule has 0 fully saturated rings. The van der Waals surface area contributed by atoms with Crippen molar-refractivity contribution in [1.29, 1.82) is 5.26 Å². The number of para-hydroxylation sites is 2. The van der Waals surface area contributed by atoms with Crippen LogP contribution in [0, 0.1) is 11.3 Å². The third-order valence-corrected chi connectivity index (χ3v) is 3.18. The van der Waals surface area contributed by atoms with E-state index >= 15 is 0 Å². The molecule has 0 saturated carbocycles. The van der Waals surface area contributed by atoms with Crippen molar-refractivity contribution in [2.45, 2.75) is 6.54 Å². The first-order valence-corrected chi connectivity index (χ1v) is 6.56. The minimum Gasteiger partial charge on any atom is -0.379 e. The van der Waals surface area contributed by atoms with E-state index in [4.69, 9.17) is 5.26 Å². The molecule has 0 unspecified atom stereocenters. The summed E-state index contributed by atoms with van der Waals surface area (Å²) >= 11 is 0. The highest BCUT2D eigenvalue weighted by molar-refractivity contribution is 5.60. The smallest absolute Gasteiger partial charge is 0.0995 e. The SMILES string of the molecule is N#Cc1ccccc1CNc1ccccc1-n1ccnn1. The summed E-state index contributed by atoms with van der Waals surface area (Å²) in [6.07, 6.45) is 3.44. The fraction of sp³-hybridized carbons (Fsp3) is 0.0625. The van der Waals surface area contributed by atoms with Gasteiger partial charge in [0.1, 0.15) is 0 Å². The predicted octanol–water partition coefficient (Wildman–Crippen LogP) is 2.75. The molecule has 0 saturated heterocycles. The van der Waals surface area contributed by atoms with Crippen molar-refractivity contribution in [3.63, 3.8) is 0 Å². The molecule has 0 aliphatic heterocycles. The fourth-order valence-electron chi connectivity index (χ4n) is 2.13. The quantitative estimate of drug-likeness (QED) is 0.795. The third kappa shape index (κ3) is 2.74. The summed E-state index contributed by atoms with van der Waals surface area (Å²) < 4.78 is 1.71. The number of nitrogens with zero attached hydrogens (tertiary/aromatic N) is 4. The molecule has 0 atom stereocenters. The molecule has 3 aromatic rings. The Labute approximate surface area is 122 Å². The number of benzene rings is 2. The van der Waals surface area contributed by atoms with Crippen molar-refractivity contribution in [2.75, 3.05) is 5.32 Å². The fourth-order valence-corrected chi connectivity index (χ4v) is 2.13. The van der Waals surface area contributed by atoms with E-state index in [-0.39, 0.29) is 0 Å². The zero-order valence-corrected chi connectivity index (χ0v) is 11.3. The molecule has 0 aliphatic rings. The van der Waals surface area contributed by atoms with E-state index in [1.54, 1.807) is 17.1 Å². The van der Waals surface area contributed by atoms with E-state index in [1.807, 2.05) is 48.5 Å². The number of nitrogens with one attached hydrogen (secondary N) is 1. The van der Waals surface area contributed by atoms with Crippen molar-refractivity contribution in [1.82, 2.24) is 15.0 Å². The van der Waals surface area contributed by atoms with Crippen LogP contribution < -0.4 is 5.32 Å². The van der Waals surface area contributed by atoms with Gasteiger partial charge in [-0.25, -0.2) is 4.68 Å². The maximum atomic E-state index is 9.12. The second-order valence-electron chi connectivity index (χ2n) is 4.49. The van der Waals surface area contributed by atoms with Gasteiger partial charge in [0.15, 0.2) is 0 Å². The average molecular weight is 275 g/mol. The van der Waals surface area contributed by atoms with Crippen LogP contribution in [0.15, 0.2) is 60.9 Å². The Hall–Kier alpha value is -3.13. The van der Waals surface area contributed by atoms with Crippen LogP contribution in [0.25, 0.3) is 5.69 Å². The molecule has 2 aromatic carbocycles. The molecule has 0 aliphatic carbocycles. The molecule has 21 heavy (non-hydrogen) atoms. The summed E-state index contributed by atoms with van der Waals surface area (Å²) in [7, 11) is 0. The van der Waals surface area contributed by atoms with Gasteiger partial charge in [-0.15, -0.1) is 5.10 Å². The summed E-state index contributed by atoms with van der Waals surface area (Å²) in [6.45, 7) is 0.579. The maximum absolute atomic E-state index is 9.12. The average Bonchev–Trinajstić information content (AvgIpc) is 3.08. The molecule has 1 heterocycles. The molecule has 5 heteroatoms. The van der Waals surface area contributed by atoms with Gasteiger partial charge in [-0.1, -0.05) is 35.5 Å². The van der Waals surface area contributed by atoms with Gasteiger partial charge in [-0.05, 0) is 23.8 Å². The first-order chi connectivity index (χ1) is 10.4. The van der Waals surface area contributed by atoms with E-state index in [0.717, 1.165) is 16.9 Å². The van der Waals surface area contributed by atoms with E-state index in [9.17, 15) is 0 Å². The molecular formula is C16H13N5. The van der Waals surface area contributed by atoms with Gasteiger partial charge in [0, 0.05) is 6.54 Å². The predicted molar refractivity (Wildman–Crippen MR) is 79.8 cm³/mol. The lowest BCUT2D eigenvalue weighted by atomic mass is 10.1. The number of hydrogen-bond acceptors (Lipinski definition) is 4. The van der Waals surface area contributed by atoms with Crippen molar-refractivity contribution >= 4 is 5.69 Å². The van der Waals surface area contributed by atoms with Crippen molar-refractivity contribution in [3.05, 3.63) is 72.1 Å². The van der Waals surface area contributed by atoms with Crippen LogP contribution in [-0.4, -0.2) is 15.0 Å². The van der Waals surface area contributed by atoms with Crippen LogP contribution in [0.5, 0.6) is 0 Å². The molecule has 5 nitrogen and oxygen atoms in total. The largest absolute Gasteiger partial charge is 0.379 e. The molecule has 3 rings (SSSR count). The number of rotatable bonds is 4. The Morgan fingerprint density at radius 1 is 1.10 bits per heavy atom. The molecule has 0 spiro atoms. The third-order valence-electron chi connectivity index (χ3n) is 3.18. The van der Waals surface area contributed by atoms with E-state index < -0.39 is 0 Å². The lowest BCUT2D eigenvalue weighted by molar-refractivity contribution is 0.803. The van der Waals surface area contributed by atoms with Crippen LogP contribution in [0.2, 0.25) is 0 Å². The number of aromatic nitrogens is 3. The highest BCUT2D eigenvalue weighted by Gasteiger charge is 2.06. The Kier molecular flexibility index (Phi) is 3.61. The van der Waals surface area contributed by atoms with Gasteiger partial charge in [0.25, 0.3) is 0 Å². The van der Waals surface area contributed by atoms with Gasteiger partial charge in [0.05, 0.1) is 35.4 Å². The van der Waals surface area contributed by atoms with Gasteiger partial charge < -0.3 is 5.32 Å². The van der Waals surface area contributed by atoms with E-state index in [1.165, 1.54) is 0 Å². The Balaban J connectivity index is 1.85. The molecule has 0 radical (unpaired) electrons. The summed E-state index contributed by atoms with van der Waals surface area (Å²) in [6, 6.07) is 17.6.